The van der Waals surface area contributed by atoms with Crippen LogP contribution in [0.5, 0.6) is 0 Å². The number of allylic oxidation sites excluding steroid dienone is 2. The lowest BCUT2D eigenvalue weighted by Gasteiger charge is -2.33. The fourth-order valence-electron chi connectivity index (χ4n) is 2.34. The summed E-state index contributed by atoms with van der Waals surface area (Å²) in [5.74, 6) is 3.39. The molecule has 0 aromatic rings. The maximum absolute atomic E-state index is 2.53. The molecular formula is C13H24. The van der Waals surface area contributed by atoms with Crippen LogP contribution in [0.25, 0.3) is 0 Å². The molecule has 0 bridgehead atoms. The normalized spacial score (nSPS) is 37.0. The Morgan fingerprint density at radius 2 is 2.08 bits per heavy atom. The van der Waals surface area contributed by atoms with Gasteiger partial charge in [-0.05, 0) is 37.0 Å². The van der Waals surface area contributed by atoms with Gasteiger partial charge in [0.1, 0.15) is 0 Å². The summed E-state index contributed by atoms with van der Waals surface area (Å²) in [6.07, 6.45) is 5.24. The summed E-state index contributed by atoms with van der Waals surface area (Å²) in [5, 5.41) is 0. The van der Waals surface area contributed by atoms with Crippen LogP contribution < -0.4 is 0 Å². The minimum atomic E-state index is 0.806. The van der Waals surface area contributed by atoms with Crippen molar-refractivity contribution in [3.63, 3.8) is 0 Å². The first kappa shape index (κ1) is 10.8. The topological polar surface area (TPSA) is 0 Å². The minimum Gasteiger partial charge on any atom is -0.0819 e. The van der Waals surface area contributed by atoms with E-state index in [1.165, 1.54) is 12.8 Å². The molecular weight excluding hydrogens is 156 g/mol. The minimum absolute atomic E-state index is 0.806. The summed E-state index contributed by atoms with van der Waals surface area (Å²) in [6.45, 7) is 11.8. The standard InChI is InChI=1S/C13H24/c1-6-9(2)13-7-10(3)12(5)11(4)8-13/h7,9,11-13H,6,8H2,1-5H3/t9-,11+,12-,13?/m1/s1. The summed E-state index contributed by atoms with van der Waals surface area (Å²) in [6, 6.07) is 0. The molecule has 0 radical (unpaired) electrons. The summed E-state index contributed by atoms with van der Waals surface area (Å²) in [4.78, 5) is 0. The molecule has 0 heterocycles. The Labute approximate surface area is 83.4 Å². The molecule has 0 saturated carbocycles. The maximum Gasteiger partial charge on any atom is -0.0202 e. The lowest BCUT2D eigenvalue weighted by Crippen LogP contribution is -2.23. The Bertz CT molecular complexity index is 190. The fraction of sp³-hybridized carbons (Fsp3) is 0.846. The predicted molar refractivity (Wildman–Crippen MR) is 59.6 cm³/mol. The van der Waals surface area contributed by atoms with Gasteiger partial charge in [0.15, 0.2) is 0 Å². The van der Waals surface area contributed by atoms with Gasteiger partial charge in [-0.2, -0.15) is 0 Å². The third-order valence-electron chi connectivity index (χ3n) is 4.07. The first-order valence-electron chi connectivity index (χ1n) is 5.74. The van der Waals surface area contributed by atoms with Crippen molar-refractivity contribution in [1.29, 1.82) is 0 Å². The van der Waals surface area contributed by atoms with Crippen LogP contribution in [0.15, 0.2) is 11.6 Å². The van der Waals surface area contributed by atoms with E-state index in [-0.39, 0.29) is 0 Å². The summed E-state index contributed by atoms with van der Waals surface area (Å²) >= 11 is 0. The average Bonchev–Trinajstić information content (AvgIpc) is 2.12. The first-order chi connectivity index (χ1) is 6.06. The summed E-state index contributed by atoms with van der Waals surface area (Å²) < 4.78 is 0. The molecule has 0 N–H and O–H groups in total. The Kier molecular flexibility index (Phi) is 3.58. The van der Waals surface area contributed by atoms with E-state index in [0.29, 0.717) is 0 Å². The molecule has 13 heavy (non-hydrogen) atoms. The number of hydrogen-bond donors (Lipinski definition) is 0. The Hall–Kier alpha value is -0.260. The zero-order valence-electron chi connectivity index (χ0n) is 9.80. The molecule has 0 spiro atoms. The van der Waals surface area contributed by atoms with Crippen molar-refractivity contribution in [3.8, 4) is 0 Å². The molecule has 0 aromatic carbocycles. The second kappa shape index (κ2) is 4.30. The van der Waals surface area contributed by atoms with Gasteiger partial charge in [-0.1, -0.05) is 45.8 Å². The molecule has 0 aromatic heterocycles. The predicted octanol–water partition coefficient (Wildman–Crippen LogP) is 4.27. The third kappa shape index (κ3) is 2.36. The van der Waals surface area contributed by atoms with Gasteiger partial charge in [0.2, 0.25) is 0 Å². The molecule has 0 fully saturated rings. The molecule has 76 valence electrons. The van der Waals surface area contributed by atoms with E-state index in [1.54, 1.807) is 5.57 Å². The second-order valence-corrected chi connectivity index (χ2v) is 4.96. The maximum atomic E-state index is 2.53. The molecule has 1 aliphatic rings. The van der Waals surface area contributed by atoms with Gasteiger partial charge in [-0.25, -0.2) is 0 Å². The van der Waals surface area contributed by atoms with Crippen LogP contribution in [0.3, 0.4) is 0 Å². The van der Waals surface area contributed by atoms with Gasteiger partial charge in [-0.3, -0.25) is 0 Å². The monoisotopic (exact) mass is 180 g/mol. The van der Waals surface area contributed by atoms with E-state index in [0.717, 1.165) is 23.7 Å². The third-order valence-corrected chi connectivity index (χ3v) is 4.07. The van der Waals surface area contributed by atoms with Crippen molar-refractivity contribution in [1.82, 2.24) is 0 Å². The Balaban J connectivity index is 2.71. The Morgan fingerprint density at radius 3 is 2.54 bits per heavy atom. The summed E-state index contributed by atoms with van der Waals surface area (Å²) in [7, 11) is 0. The average molecular weight is 180 g/mol. The lowest BCUT2D eigenvalue weighted by atomic mass is 9.72. The zero-order valence-corrected chi connectivity index (χ0v) is 9.80. The quantitative estimate of drug-likeness (QED) is 0.557. The van der Waals surface area contributed by atoms with E-state index in [9.17, 15) is 0 Å². The van der Waals surface area contributed by atoms with Crippen LogP contribution in [-0.2, 0) is 0 Å². The van der Waals surface area contributed by atoms with Crippen molar-refractivity contribution < 1.29 is 0 Å². The summed E-state index contributed by atoms with van der Waals surface area (Å²) in [5.41, 5.74) is 1.61. The Morgan fingerprint density at radius 1 is 1.46 bits per heavy atom. The number of hydrogen-bond acceptors (Lipinski definition) is 0. The molecule has 1 unspecified atom stereocenters. The molecule has 1 aliphatic carbocycles. The van der Waals surface area contributed by atoms with Crippen LogP contribution in [0.2, 0.25) is 0 Å². The van der Waals surface area contributed by atoms with E-state index < -0.39 is 0 Å². The van der Waals surface area contributed by atoms with Gasteiger partial charge < -0.3 is 0 Å². The second-order valence-electron chi connectivity index (χ2n) is 4.96. The molecule has 0 heteroatoms. The molecule has 0 nitrogen and oxygen atoms in total. The van der Waals surface area contributed by atoms with Crippen molar-refractivity contribution in [3.05, 3.63) is 11.6 Å². The molecule has 0 aliphatic heterocycles. The van der Waals surface area contributed by atoms with E-state index in [4.69, 9.17) is 0 Å². The lowest BCUT2D eigenvalue weighted by molar-refractivity contribution is 0.275. The van der Waals surface area contributed by atoms with Crippen LogP contribution in [0.4, 0.5) is 0 Å². The molecule has 0 saturated heterocycles. The first-order valence-corrected chi connectivity index (χ1v) is 5.74. The van der Waals surface area contributed by atoms with Crippen LogP contribution in [0.1, 0.15) is 47.5 Å². The van der Waals surface area contributed by atoms with Crippen LogP contribution in [-0.4, -0.2) is 0 Å². The zero-order chi connectivity index (χ0) is 10.0. The van der Waals surface area contributed by atoms with E-state index in [1.807, 2.05) is 0 Å². The highest BCUT2D eigenvalue weighted by Gasteiger charge is 2.26. The van der Waals surface area contributed by atoms with Gasteiger partial charge >= 0.3 is 0 Å². The fourth-order valence-corrected chi connectivity index (χ4v) is 2.34. The molecule has 0 amide bonds. The van der Waals surface area contributed by atoms with Gasteiger partial charge in [0.05, 0.1) is 0 Å². The highest BCUT2D eigenvalue weighted by molar-refractivity contribution is 5.10. The number of rotatable bonds is 2. The van der Waals surface area contributed by atoms with E-state index in [2.05, 4.69) is 40.7 Å². The highest BCUT2D eigenvalue weighted by atomic mass is 14.3. The van der Waals surface area contributed by atoms with Crippen molar-refractivity contribution >= 4 is 0 Å². The van der Waals surface area contributed by atoms with Gasteiger partial charge in [-0.15, -0.1) is 0 Å². The smallest absolute Gasteiger partial charge is 0.0202 e. The van der Waals surface area contributed by atoms with Crippen LogP contribution >= 0.6 is 0 Å². The SMILES string of the molecule is CC[C@@H](C)C1C=C(C)[C@@H](C)[C@@H](C)C1. The van der Waals surface area contributed by atoms with Gasteiger partial charge in [0, 0.05) is 0 Å². The van der Waals surface area contributed by atoms with Crippen molar-refractivity contribution in [2.24, 2.45) is 23.7 Å². The molecule has 1 rings (SSSR count). The molecule has 4 atom stereocenters. The van der Waals surface area contributed by atoms with Crippen LogP contribution in [0, 0.1) is 23.7 Å². The van der Waals surface area contributed by atoms with Crippen molar-refractivity contribution in [2.75, 3.05) is 0 Å². The van der Waals surface area contributed by atoms with Crippen molar-refractivity contribution in [2.45, 2.75) is 47.5 Å². The van der Waals surface area contributed by atoms with E-state index >= 15 is 0 Å². The highest BCUT2D eigenvalue weighted by Crippen LogP contribution is 2.36. The largest absolute Gasteiger partial charge is 0.0819 e. The van der Waals surface area contributed by atoms with Gasteiger partial charge in [0.25, 0.3) is 0 Å².